The number of nitrogens with one attached hydrogen (secondary N) is 3. The van der Waals surface area contributed by atoms with Gasteiger partial charge in [-0.05, 0) is 58.5 Å². The molecule has 12 nitrogen and oxygen atoms in total. The smallest absolute Gasteiger partial charge is 0.335 e. The van der Waals surface area contributed by atoms with Gasteiger partial charge < -0.3 is 20.7 Å². The molecule has 2 aromatic heterocycles. The van der Waals surface area contributed by atoms with Crippen LogP contribution in [0.25, 0.3) is 11.8 Å². The van der Waals surface area contributed by atoms with E-state index in [0.717, 1.165) is 6.08 Å². The van der Waals surface area contributed by atoms with E-state index < -0.39 is 29.6 Å². The molecule has 4 rings (SSSR count). The van der Waals surface area contributed by atoms with E-state index in [4.69, 9.17) is 16.7 Å². The molecule has 0 aliphatic heterocycles. The topological polar surface area (TPSA) is 172 Å². The number of carbonyl (C=O) groups is 3. The van der Waals surface area contributed by atoms with Crippen molar-refractivity contribution in [1.29, 1.82) is 0 Å². The van der Waals surface area contributed by atoms with Crippen molar-refractivity contribution in [3.8, 4) is 5.69 Å². The molecule has 4 N–H and O–H groups in total. The third kappa shape index (κ3) is 6.78. The molecule has 0 radical (unpaired) electrons. The second kappa shape index (κ2) is 11.9. The molecule has 0 unspecified atom stereocenters. The maximum atomic E-state index is 14.8. The minimum absolute atomic E-state index is 0.00317. The molecule has 0 bridgehead atoms. The number of carboxylic acid groups (broad SMARTS) is 1. The number of carboxylic acids is 1. The summed E-state index contributed by atoms with van der Waals surface area (Å²) in [5.74, 6) is -3.28. The lowest BCUT2D eigenvalue weighted by molar-refractivity contribution is -0.123. The number of H-pyrrole nitrogens is 1. The molecule has 0 aliphatic carbocycles. The summed E-state index contributed by atoms with van der Waals surface area (Å²) in [5, 5.41) is 24.8. The van der Waals surface area contributed by atoms with Gasteiger partial charge in [0.05, 0.1) is 16.3 Å². The zero-order valence-corrected chi connectivity index (χ0v) is 20.6. The van der Waals surface area contributed by atoms with Crippen molar-refractivity contribution in [3.05, 3.63) is 105 Å². The first-order valence-corrected chi connectivity index (χ1v) is 11.6. The Morgan fingerprint density at radius 1 is 1.13 bits per heavy atom. The first kappa shape index (κ1) is 26.9. The summed E-state index contributed by atoms with van der Waals surface area (Å²) >= 11 is 5.91. The minimum atomic E-state index is -1.13. The summed E-state index contributed by atoms with van der Waals surface area (Å²) < 4.78 is 16.0. The van der Waals surface area contributed by atoms with E-state index in [0.29, 0.717) is 11.3 Å². The van der Waals surface area contributed by atoms with Crippen molar-refractivity contribution in [1.82, 2.24) is 30.5 Å². The van der Waals surface area contributed by atoms with E-state index in [1.165, 1.54) is 71.8 Å². The lowest BCUT2D eigenvalue weighted by atomic mass is 10.1. The van der Waals surface area contributed by atoms with Crippen LogP contribution in [-0.2, 0) is 16.0 Å². The molecular weight excluding hydrogens is 533 g/mol. The first-order chi connectivity index (χ1) is 18.7. The van der Waals surface area contributed by atoms with Crippen LogP contribution in [0.4, 0.5) is 10.1 Å². The number of hydrogen-bond acceptors (Lipinski definition) is 7. The van der Waals surface area contributed by atoms with Gasteiger partial charge >= 0.3 is 5.97 Å². The van der Waals surface area contributed by atoms with Crippen LogP contribution in [0.1, 0.15) is 21.5 Å². The van der Waals surface area contributed by atoms with Gasteiger partial charge in [0.1, 0.15) is 12.4 Å². The highest BCUT2D eigenvalue weighted by Gasteiger charge is 2.22. The predicted octanol–water partition coefficient (Wildman–Crippen LogP) is 2.22. The van der Waals surface area contributed by atoms with E-state index >= 15 is 0 Å². The molecule has 2 amide bonds. The summed E-state index contributed by atoms with van der Waals surface area (Å²) in [5.41, 5.74) is 0.691. The average molecular weight is 552 g/mol. The quantitative estimate of drug-likeness (QED) is 0.229. The van der Waals surface area contributed by atoms with Crippen molar-refractivity contribution in [3.63, 3.8) is 0 Å². The number of aromatic nitrogens is 5. The Balaban J connectivity index is 1.56. The Morgan fingerprint density at radius 3 is 2.54 bits per heavy atom. The third-order valence-electron chi connectivity index (χ3n) is 5.43. The number of halogens is 2. The summed E-state index contributed by atoms with van der Waals surface area (Å²) in [6.07, 6.45) is 4.85. The standard InChI is InChI=1S/C25H19ClFN7O5/c26-18-7-8-20(34-13-29-32-33-34)17(23(18)27)6-10-22(36)31-19(11-14-1-9-21(35)28-12-14)24(37)30-16-4-2-15(3-5-16)25(38)39/h1-10,12-13,19H,11H2,(H,28,35)(H,30,37)(H,31,36)(H,38,39)/t19-/m0/s1. The molecular formula is C25H19ClFN7O5. The van der Waals surface area contributed by atoms with Crippen LogP contribution in [0.5, 0.6) is 0 Å². The second-order valence-electron chi connectivity index (χ2n) is 8.08. The Hall–Kier alpha value is -5.17. The molecule has 4 aromatic rings. The van der Waals surface area contributed by atoms with Crippen LogP contribution in [0, 0.1) is 5.82 Å². The van der Waals surface area contributed by atoms with Crippen LogP contribution in [-0.4, -0.2) is 54.1 Å². The zero-order chi connectivity index (χ0) is 27.9. The molecule has 0 saturated carbocycles. The van der Waals surface area contributed by atoms with Crippen molar-refractivity contribution >= 4 is 41.1 Å². The molecule has 0 fully saturated rings. The fourth-order valence-corrected chi connectivity index (χ4v) is 3.67. The molecule has 1 atom stereocenters. The van der Waals surface area contributed by atoms with Gasteiger partial charge in [-0.2, -0.15) is 4.68 Å². The van der Waals surface area contributed by atoms with Crippen molar-refractivity contribution in [2.75, 3.05) is 5.32 Å². The largest absolute Gasteiger partial charge is 0.478 e. The molecule has 2 aromatic carbocycles. The molecule has 0 saturated heterocycles. The minimum Gasteiger partial charge on any atom is -0.478 e. The number of hydrogen-bond donors (Lipinski definition) is 4. The predicted molar refractivity (Wildman–Crippen MR) is 138 cm³/mol. The SMILES string of the molecule is O=C(C=Cc1c(-n2cnnn2)ccc(Cl)c1F)N[C@@H](Cc1ccc(=O)[nH]c1)C(=O)Nc1ccc(C(=O)O)cc1. The van der Waals surface area contributed by atoms with Crippen LogP contribution in [0.15, 0.2) is 71.9 Å². The van der Waals surface area contributed by atoms with E-state index in [2.05, 4.69) is 31.1 Å². The van der Waals surface area contributed by atoms with Gasteiger partial charge in [-0.15, -0.1) is 5.10 Å². The molecule has 0 spiro atoms. The number of nitrogens with zero attached hydrogens (tertiary/aromatic N) is 4. The number of tetrazole rings is 1. The average Bonchev–Trinajstić information content (AvgIpc) is 3.45. The summed E-state index contributed by atoms with van der Waals surface area (Å²) in [7, 11) is 0. The van der Waals surface area contributed by atoms with E-state index in [1.807, 2.05) is 0 Å². The Morgan fingerprint density at radius 2 is 1.90 bits per heavy atom. The zero-order valence-electron chi connectivity index (χ0n) is 19.8. The Bertz CT molecular complexity index is 1580. The maximum Gasteiger partial charge on any atom is 0.335 e. The van der Waals surface area contributed by atoms with Gasteiger partial charge in [0.2, 0.25) is 17.4 Å². The van der Waals surface area contributed by atoms with Crippen molar-refractivity contribution in [2.45, 2.75) is 12.5 Å². The monoisotopic (exact) mass is 551 g/mol. The first-order valence-electron chi connectivity index (χ1n) is 11.2. The highest BCUT2D eigenvalue weighted by molar-refractivity contribution is 6.31. The highest BCUT2D eigenvalue weighted by atomic mass is 35.5. The maximum absolute atomic E-state index is 14.8. The summed E-state index contributed by atoms with van der Waals surface area (Å²) in [6.45, 7) is 0. The van der Waals surface area contributed by atoms with Crippen molar-refractivity contribution < 1.29 is 23.9 Å². The second-order valence-corrected chi connectivity index (χ2v) is 8.49. The summed E-state index contributed by atoms with van der Waals surface area (Å²) in [6, 6.07) is 9.89. The van der Waals surface area contributed by atoms with Gasteiger partial charge in [-0.3, -0.25) is 14.4 Å². The highest BCUT2D eigenvalue weighted by Crippen LogP contribution is 2.25. The van der Waals surface area contributed by atoms with E-state index in [1.54, 1.807) is 0 Å². The Kier molecular flexibility index (Phi) is 8.21. The number of pyridine rings is 1. The van der Waals surface area contributed by atoms with Crippen LogP contribution in [0.2, 0.25) is 5.02 Å². The molecule has 0 aliphatic rings. The Labute approximate surface area is 224 Å². The molecule has 2 heterocycles. The number of benzene rings is 2. The van der Waals surface area contributed by atoms with E-state index in [-0.39, 0.29) is 33.8 Å². The van der Waals surface area contributed by atoms with Crippen LogP contribution in [0.3, 0.4) is 0 Å². The fourth-order valence-electron chi connectivity index (χ4n) is 3.51. The van der Waals surface area contributed by atoms with Gasteiger partial charge in [-0.25, -0.2) is 9.18 Å². The normalized spacial score (nSPS) is 11.7. The number of anilines is 1. The van der Waals surface area contributed by atoms with Crippen LogP contribution < -0.4 is 16.2 Å². The third-order valence-corrected chi connectivity index (χ3v) is 5.72. The van der Waals surface area contributed by atoms with Crippen molar-refractivity contribution in [2.24, 2.45) is 0 Å². The number of aromatic carboxylic acids is 1. The lowest BCUT2D eigenvalue weighted by Gasteiger charge is -2.18. The number of carbonyl (C=O) groups excluding carboxylic acids is 2. The molecule has 198 valence electrons. The summed E-state index contributed by atoms with van der Waals surface area (Å²) in [4.78, 5) is 50.9. The van der Waals surface area contributed by atoms with Gasteiger partial charge in [0.15, 0.2) is 5.82 Å². The van der Waals surface area contributed by atoms with Gasteiger partial charge in [0, 0.05) is 36.0 Å². The lowest BCUT2D eigenvalue weighted by Crippen LogP contribution is -2.44. The molecule has 39 heavy (non-hydrogen) atoms. The van der Waals surface area contributed by atoms with E-state index in [9.17, 15) is 23.6 Å². The number of aromatic amines is 1. The number of rotatable bonds is 9. The van der Waals surface area contributed by atoms with Gasteiger partial charge in [0.25, 0.3) is 0 Å². The van der Waals surface area contributed by atoms with Crippen LogP contribution >= 0.6 is 11.6 Å². The van der Waals surface area contributed by atoms with Gasteiger partial charge in [-0.1, -0.05) is 17.7 Å². The fraction of sp³-hybridized carbons (Fsp3) is 0.0800. The molecule has 14 heteroatoms. The number of amides is 2.